The van der Waals surface area contributed by atoms with E-state index in [1.54, 1.807) is 6.20 Å². The van der Waals surface area contributed by atoms with Crippen molar-refractivity contribution in [1.29, 1.82) is 0 Å². The molecule has 0 saturated heterocycles. The number of nitrogens with one attached hydrogen (secondary N) is 1. The van der Waals surface area contributed by atoms with Gasteiger partial charge in [0.05, 0.1) is 5.69 Å². The van der Waals surface area contributed by atoms with Crippen LogP contribution >= 0.6 is 0 Å². The molecule has 1 N–H and O–H groups in total. The molecule has 0 fully saturated rings. The first-order chi connectivity index (χ1) is 8.27. The van der Waals surface area contributed by atoms with E-state index in [9.17, 15) is 0 Å². The fourth-order valence-corrected chi connectivity index (χ4v) is 1.68. The molecule has 1 aromatic carbocycles. The Balaban J connectivity index is 2.09. The van der Waals surface area contributed by atoms with Gasteiger partial charge in [-0.1, -0.05) is 30.3 Å². The van der Waals surface area contributed by atoms with Gasteiger partial charge in [0.2, 0.25) is 0 Å². The molecule has 2 rings (SSSR count). The van der Waals surface area contributed by atoms with E-state index in [1.165, 1.54) is 5.56 Å². The summed E-state index contributed by atoms with van der Waals surface area (Å²) in [6.45, 7) is 0.790. The smallest absolute Gasteiger partial charge is 0.149 e. The van der Waals surface area contributed by atoms with Gasteiger partial charge in [-0.05, 0) is 17.7 Å². The monoisotopic (exact) mass is 227 g/mol. The Morgan fingerprint density at radius 3 is 2.53 bits per heavy atom. The zero-order chi connectivity index (χ0) is 12.1. The molecule has 0 bridgehead atoms. The molecule has 2 aromatic rings. The standard InChI is InChI=1S/C14H17N3/c1-17(2)13-9-6-10-15-14(13)16-11-12-7-4-3-5-8-12/h3-10H,11H2,1-2H3,(H,15,16). The summed E-state index contributed by atoms with van der Waals surface area (Å²) in [7, 11) is 4.04. The quantitative estimate of drug-likeness (QED) is 0.870. The molecule has 0 atom stereocenters. The molecule has 17 heavy (non-hydrogen) atoms. The van der Waals surface area contributed by atoms with Crippen molar-refractivity contribution in [2.75, 3.05) is 24.3 Å². The molecule has 1 aromatic heterocycles. The molecule has 0 spiro atoms. The van der Waals surface area contributed by atoms with Crippen molar-refractivity contribution in [2.24, 2.45) is 0 Å². The summed E-state index contributed by atoms with van der Waals surface area (Å²) in [5.74, 6) is 0.918. The lowest BCUT2D eigenvalue weighted by Gasteiger charge is -2.17. The van der Waals surface area contributed by atoms with Crippen molar-refractivity contribution in [1.82, 2.24) is 4.98 Å². The fraction of sp³-hybridized carbons (Fsp3) is 0.214. The van der Waals surface area contributed by atoms with Gasteiger partial charge in [0.15, 0.2) is 0 Å². The predicted molar refractivity (Wildman–Crippen MR) is 72.3 cm³/mol. The van der Waals surface area contributed by atoms with E-state index in [0.717, 1.165) is 18.1 Å². The van der Waals surface area contributed by atoms with Crippen LogP contribution in [0.3, 0.4) is 0 Å². The van der Waals surface area contributed by atoms with Crippen molar-refractivity contribution in [2.45, 2.75) is 6.54 Å². The molecule has 88 valence electrons. The third-order valence-corrected chi connectivity index (χ3v) is 2.57. The fourth-order valence-electron chi connectivity index (χ4n) is 1.68. The third-order valence-electron chi connectivity index (χ3n) is 2.57. The lowest BCUT2D eigenvalue weighted by molar-refractivity contribution is 1.07. The Kier molecular flexibility index (Phi) is 3.60. The van der Waals surface area contributed by atoms with Crippen molar-refractivity contribution >= 4 is 11.5 Å². The van der Waals surface area contributed by atoms with Crippen LogP contribution < -0.4 is 10.2 Å². The lowest BCUT2D eigenvalue weighted by Crippen LogP contribution is -2.13. The van der Waals surface area contributed by atoms with Gasteiger partial charge in [0.1, 0.15) is 5.82 Å². The number of nitrogens with zero attached hydrogens (tertiary/aromatic N) is 2. The highest BCUT2D eigenvalue weighted by Gasteiger charge is 2.03. The third kappa shape index (κ3) is 2.97. The number of hydrogen-bond acceptors (Lipinski definition) is 3. The first-order valence-electron chi connectivity index (χ1n) is 5.67. The van der Waals surface area contributed by atoms with Crippen LogP contribution in [0.5, 0.6) is 0 Å². The van der Waals surface area contributed by atoms with Crippen LogP contribution in [0.4, 0.5) is 11.5 Å². The molecule has 0 aliphatic rings. The van der Waals surface area contributed by atoms with E-state index in [-0.39, 0.29) is 0 Å². The van der Waals surface area contributed by atoms with Gasteiger partial charge in [0, 0.05) is 26.8 Å². The maximum Gasteiger partial charge on any atom is 0.149 e. The number of hydrogen-bond donors (Lipinski definition) is 1. The number of benzene rings is 1. The van der Waals surface area contributed by atoms with Crippen molar-refractivity contribution < 1.29 is 0 Å². The molecule has 0 saturated carbocycles. The molecular formula is C14H17N3. The minimum atomic E-state index is 0.790. The van der Waals surface area contributed by atoms with Crippen LogP contribution in [0.2, 0.25) is 0 Å². The maximum atomic E-state index is 4.36. The zero-order valence-corrected chi connectivity index (χ0v) is 10.2. The highest BCUT2D eigenvalue weighted by atomic mass is 15.1. The van der Waals surface area contributed by atoms with Gasteiger partial charge >= 0.3 is 0 Å². The van der Waals surface area contributed by atoms with Crippen molar-refractivity contribution in [3.8, 4) is 0 Å². The summed E-state index contributed by atoms with van der Waals surface area (Å²) in [6, 6.07) is 14.3. The highest BCUT2D eigenvalue weighted by Crippen LogP contribution is 2.20. The van der Waals surface area contributed by atoms with Crippen molar-refractivity contribution in [3.63, 3.8) is 0 Å². The van der Waals surface area contributed by atoms with Gasteiger partial charge in [-0.3, -0.25) is 0 Å². The van der Waals surface area contributed by atoms with Gasteiger partial charge in [-0.25, -0.2) is 4.98 Å². The normalized spacial score (nSPS) is 10.0. The summed E-state index contributed by atoms with van der Waals surface area (Å²) < 4.78 is 0. The van der Waals surface area contributed by atoms with E-state index >= 15 is 0 Å². The average Bonchev–Trinajstić information content (AvgIpc) is 2.38. The van der Waals surface area contributed by atoms with E-state index in [2.05, 4.69) is 33.4 Å². The Hall–Kier alpha value is -2.03. The van der Waals surface area contributed by atoms with Crippen molar-refractivity contribution in [3.05, 3.63) is 54.2 Å². The maximum absolute atomic E-state index is 4.36. The topological polar surface area (TPSA) is 28.2 Å². The summed E-state index contributed by atoms with van der Waals surface area (Å²) >= 11 is 0. The van der Waals surface area contributed by atoms with Crippen LogP contribution in [-0.2, 0) is 6.54 Å². The number of anilines is 2. The summed E-state index contributed by atoms with van der Waals surface area (Å²) in [4.78, 5) is 6.42. The molecule has 0 aliphatic heterocycles. The summed E-state index contributed by atoms with van der Waals surface area (Å²) in [6.07, 6.45) is 1.81. The first kappa shape index (κ1) is 11.5. The van der Waals surface area contributed by atoms with E-state index in [4.69, 9.17) is 0 Å². The van der Waals surface area contributed by atoms with Crippen LogP contribution in [0.1, 0.15) is 5.56 Å². The second kappa shape index (κ2) is 5.34. The predicted octanol–water partition coefficient (Wildman–Crippen LogP) is 2.76. The van der Waals surface area contributed by atoms with Crippen LogP contribution in [0, 0.1) is 0 Å². The Labute approximate surface area is 102 Å². The summed E-state index contributed by atoms with van der Waals surface area (Å²) in [5, 5.41) is 3.36. The zero-order valence-electron chi connectivity index (χ0n) is 10.2. The molecule has 0 radical (unpaired) electrons. The highest BCUT2D eigenvalue weighted by molar-refractivity contribution is 5.64. The number of aromatic nitrogens is 1. The van der Waals surface area contributed by atoms with E-state index in [0.29, 0.717) is 0 Å². The Bertz CT molecular complexity index is 466. The molecule has 1 heterocycles. The molecule has 3 nitrogen and oxygen atoms in total. The van der Waals surface area contributed by atoms with Crippen LogP contribution in [0.15, 0.2) is 48.7 Å². The van der Waals surface area contributed by atoms with Gasteiger partial charge in [0.25, 0.3) is 0 Å². The SMILES string of the molecule is CN(C)c1cccnc1NCc1ccccc1. The molecule has 0 unspecified atom stereocenters. The molecule has 0 amide bonds. The second-order valence-electron chi connectivity index (χ2n) is 4.10. The first-order valence-corrected chi connectivity index (χ1v) is 5.67. The molecule has 0 aliphatic carbocycles. The number of pyridine rings is 1. The minimum absolute atomic E-state index is 0.790. The molecule has 3 heteroatoms. The summed E-state index contributed by atoms with van der Waals surface area (Å²) in [5.41, 5.74) is 2.35. The Morgan fingerprint density at radius 2 is 1.82 bits per heavy atom. The Morgan fingerprint density at radius 1 is 1.06 bits per heavy atom. The number of rotatable bonds is 4. The van der Waals surface area contributed by atoms with Crippen LogP contribution in [0.25, 0.3) is 0 Å². The van der Waals surface area contributed by atoms with E-state index in [1.807, 2.05) is 38.4 Å². The van der Waals surface area contributed by atoms with Gasteiger partial charge in [-0.15, -0.1) is 0 Å². The lowest BCUT2D eigenvalue weighted by atomic mass is 10.2. The van der Waals surface area contributed by atoms with E-state index < -0.39 is 0 Å². The largest absolute Gasteiger partial charge is 0.375 e. The average molecular weight is 227 g/mol. The molecular weight excluding hydrogens is 210 g/mol. The van der Waals surface area contributed by atoms with Gasteiger partial charge in [-0.2, -0.15) is 0 Å². The van der Waals surface area contributed by atoms with Gasteiger partial charge < -0.3 is 10.2 Å². The van der Waals surface area contributed by atoms with Crippen LogP contribution in [-0.4, -0.2) is 19.1 Å². The second-order valence-corrected chi connectivity index (χ2v) is 4.10. The minimum Gasteiger partial charge on any atom is -0.375 e.